The van der Waals surface area contributed by atoms with E-state index in [4.69, 9.17) is 9.47 Å². The number of anilines is 1. The molecule has 4 rings (SSSR count). The highest BCUT2D eigenvalue weighted by Crippen LogP contribution is 2.28. The molecule has 2 aromatic rings. The van der Waals surface area contributed by atoms with Crippen molar-refractivity contribution in [3.63, 3.8) is 0 Å². The van der Waals surface area contributed by atoms with E-state index in [9.17, 15) is 4.79 Å². The fraction of sp³-hybridized carbons (Fsp3) is 0.625. The Bertz CT molecular complexity index is 907. The van der Waals surface area contributed by atoms with Gasteiger partial charge in [-0.2, -0.15) is 0 Å². The van der Waals surface area contributed by atoms with Crippen molar-refractivity contribution in [2.75, 3.05) is 44.0 Å². The number of hydrogen-bond acceptors (Lipinski definition) is 7. The lowest BCUT2D eigenvalue weighted by molar-refractivity contribution is -0.118. The highest BCUT2D eigenvalue weighted by atomic mass is 32.2. The van der Waals surface area contributed by atoms with Crippen LogP contribution in [-0.4, -0.2) is 65.9 Å². The van der Waals surface area contributed by atoms with Gasteiger partial charge in [0.05, 0.1) is 25.5 Å². The molecule has 0 aliphatic carbocycles. The van der Waals surface area contributed by atoms with Gasteiger partial charge in [-0.3, -0.25) is 9.36 Å². The minimum absolute atomic E-state index is 0.00471. The Labute approximate surface area is 200 Å². The van der Waals surface area contributed by atoms with Crippen LogP contribution in [0.2, 0.25) is 0 Å². The second-order valence-electron chi connectivity index (χ2n) is 8.90. The van der Waals surface area contributed by atoms with Gasteiger partial charge in [0.2, 0.25) is 11.9 Å². The molecule has 1 aromatic heterocycles. The minimum atomic E-state index is -0.00471. The number of methoxy groups -OCH3 is 1. The molecule has 9 heteroatoms. The van der Waals surface area contributed by atoms with E-state index >= 15 is 0 Å². The molecular formula is C24H35N5O3S. The highest BCUT2D eigenvalue weighted by Gasteiger charge is 2.26. The molecule has 0 spiro atoms. The molecule has 1 amide bonds. The molecule has 1 N–H and O–H groups in total. The number of carbonyl (C=O) groups is 1. The second-order valence-corrected chi connectivity index (χ2v) is 9.84. The Morgan fingerprint density at radius 3 is 2.82 bits per heavy atom. The van der Waals surface area contributed by atoms with Gasteiger partial charge in [-0.05, 0) is 49.7 Å². The van der Waals surface area contributed by atoms with Crippen molar-refractivity contribution in [2.24, 2.45) is 5.92 Å². The zero-order valence-corrected chi connectivity index (χ0v) is 20.5. The largest absolute Gasteiger partial charge is 0.496 e. The number of piperidine rings is 1. The molecule has 0 saturated carbocycles. The van der Waals surface area contributed by atoms with Gasteiger partial charge in [-0.1, -0.05) is 36.9 Å². The summed E-state index contributed by atoms with van der Waals surface area (Å²) in [5, 5.41) is 12.8. The van der Waals surface area contributed by atoms with Gasteiger partial charge in [0.15, 0.2) is 5.16 Å². The summed E-state index contributed by atoms with van der Waals surface area (Å²) in [5.74, 6) is 2.82. The Hall–Kier alpha value is -2.26. The molecule has 2 aliphatic rings. The first-order valence-electron chi connectivity index (χ1n) is 11.9. The van der Waals surface area contributed by atoms with Crippen LogP contribution >= 0.6 is 11.8 Å². The number of nitrogens with one attached hydrogen (secondary N) is 1. The number of para-hydroxylation sites is 1. The number of rotatable bonds is 10. The number of aromatic nitrogens is 3. The molecule has 2 saturated heterocycles. The van der Waals surface area contributed by atoms with Crippen LogP contribution in [0.3, 0.4) is 0 Å². The molecule has 180 valence electrons. The summed E-state index contributed by atoms with van der Waals surface area (Å²) in [6, 6.07) is 7.89. The first kappa shape index (κ1) is 23.9. The first-order chi connectivity index (χ1) is 16.1. The zero-order valence-electron chi connectivity index (χ0n) is 19.7. The number of thioether (sulfide) groups is 1. The van der Waals surface area contributed by atoms with E-state index in [2.05, 4.69) is 31.9 Å². The molecule has 2 fully saturated rings. The highest BCUT2D eigenvalue weighted by molar-refractivity contribution is 7.99. The fourth-order valence-electron chi connectivity index (χ4n) is 4.41. The molecule has 8 nitrogen and oxygen atoms in total. The number of nitrogens with zero attached hydrogens (tertiary/aromatic N) is 4. The van der Waals surface area contributed by atoms with Crippen molar-refractivity contribution < 1.29 is 14.3 Å². The van der Waals surface area contributed by atoms with Crippen LogP contribution in [0.15, 0.2) is 29.4 Å². The predicted octanol–water partition coefficient (Wildman–Crippen LogP) is 3.15. The summed E-state index contributed by atoms with van der Waals surface area (Å²) < 4.78 is 13.4. The predicted molar refractivity (Wildman–Crippen MR) is 130 cm³/mol. The van der Waals surface area contributed by atoms with Crippen molar-refractivity contribution in [3.8, 4) is 5.75 Å². The molecule has 1 atom stereocenters. The van der Waals surface area contributed by atoms with E-state index < -0.39 is 0 Å². The van der Waals surface area contributed by atoms with Crippen molar-refractivity contribution in [3.05, 3.63) is 29.8 Å². The Balaban J connectivity index is 1.34. The number of benzene rings is 1. The summed E-state index contributed by atoms with van der Waals surface area (Å²) in [7, 11) is 1.67. The molecule has 2 aliphatic heterocycles. The topological polar surface area (TPSA) is 81.5 Å². The summed E-state index contributed by atoms with van der Waals surface area (Å²) in [6.45, 7) is 6.44. The summed E-state index contributed by atoms with van der Waals surface area (Å²) in [5.41, 5.74) is 1.09. The maximum atomic E-state index is 12.5. The molecular weight excluding hydrogens is 438 g/mol. The fourth-order valence-corrected chi connectivity index (χ4v) is 5.18. The Kier molecular flexibility index (Phi) is 8.50. The second kappa shape index (κ2) is 11.7. The Morgan fingerprint density at radius 2 is 2.06 bits per heavy atom. The van der Waals surface area contributed by atoms with E-state index in [1.807, 2.05) is 24.3 Å². The average Bonchev–Trinajstić information content (AvgIpc) is 3.49. The van der Waals surface area contributed by atoms with Crippen LogP contribution in [0.1, 0.15) is 38.2 Å². The number of carbonyl (C=O) groups excluding carboxylic acids is 1. The van der Waals surface area contributed by atoms with Gasteiger partial charge in [0.25, 0.3) is 0 Å². The molecule has 0 bridgehead atoms. The summed E-state index contributed by atoms with van der Waals surface area (Å²) in [4.78, 5) is 14.8. The van der Waals surface area contributed by atoms with Gasteiger partial charge in [0.1, 0.15) is 5.75 Å². The van der Waals surface area contributed by atoms with E-state index in [0.717, 1.165) is 73.8 Å². The van der Waals surface area contributed by atoms with E-state index in [1.54, 1.807) is 7.11 Å². The lowest BCUT2D eigenvalue weighted by atomic mass is 10.00. The molecule has 1 unspecified atom stereocenters. The number of hydrogen-bond donors (Lipinski definition) is 1. The van der Waals surface area contributed by atoms with Crippen LogP contribution in [-0.2, 0) is 22.5 Å². The third kappa shape index (κ3) is 6.41. The van der Waals surface area contributed by atoms with Crippen LogP contribution in [0, 0.1) is 5.92 Å². The zero-order chi connectivity index (χ0) is 23.0. The van der Waals surface area contributed by atoms with E-state index in [1.165, 1.54) is 24.6 Å². The van der Waals surface area contributed by atoms with Gasteiger partial charge < -0.3 is 19.7 Å². The van der Waals surface area contributed by atoms with Crippen molar-refractivity contribution in [1.82, 2.24) is 20.1 Å². The normalized spacial score (nSPS) is 19.1. The monoisotopic (exact) mass is 473 g/mol. The first-order valence-corrected chi connectivity index (χ1v) is 12.9. The van der Waals surface area contributed by atoms with Crippen LogP contribution in [0.25, 0.3) is 0 Å². The molecule has 33 heavy (non-hydrogen) atoms. The third-order valence-electron chi connectivity index (χ3n) is 6.42. The van der Waals surface area contributed by atoms with Gasteiger partial charge in [0, 0.05) is 26.2 Å². The van der Waals surface area contributed by atoms with E-state index in [0.29, 0.717) is 12.3 Å². The van der Waals surface area contributed by atoms with Gasteiger partial charge in [-0.25, -0.2) is 0 Å². The summed E-state index contributed by atoms with van der Waals surface area (Å²) in [6.07, 6.45) is 5.42. The van der Waals surface area contributed by atoms with Crippen LogP contribution in [0.5, 0.6) is 5.75 Å². The standard InChI is InChI=1S/C24H35N5O3S/c1-18-10-13-28(14-11-18)23-26-27-24(29(23)16-20-7-5-15-32-20)33-17-22(30)25-12-9-19-6-3-4-8-21(19)31-2/h3-4,6,8,18,20H,5,7,9-17H2,1-2H3,(H,25,30). The van der Waals surface area contributed by atoms with Gasteiger partial charge >= 0.3 is 0 Å². The van der Waals surface area contributed by atoms with E-state index in [-0.39, 0.29) is 12.0 Å². The van der Waals surface area contributed by atoms with Gasteiger partial charge in [-0.15, -0.1) is 10.2 Å². The minimum Gasteiger partial charge on any atom is -0.496 e. The quantitative estimate of drug-likeness (QED) is 0.531. The number of amides is 1. The van der Waals surface area contributed by atoms with Crippen LogP contribution < -0.4 is 15.0 Å². The molecule has 1 aromatic carbocycles. The van der Waals surface area contributed by atoms with Crippen molar-refractivity contribution in [2.45, 2.75) is 56.8 Å². The SMILES string of the molecule is COc1ccccc1CCNC(=O)CSc1nnc(N2CCC(C)CC2)n1CC1CCCO1. The molecule has 3 heterocycles. The lowest BCUT2D eigenvalue weighted by Gasteiger charge is -2.31. The number of ether oxygens (including phenoxy) is 2. The van der Waals surface area contributed by atoms with Crippen molar-refractivity contribution >= 4 is 23.6 Å². The third-order valence-corrected chi connectivity index (χ3v) is 7.38. The Morgan fingerprint density at radius 1 is 1.24 bits per heavy atom. The molecule has 0 radical (unpaired) electrons. The average molecular weight is 474 g/mol. The lowest BCUT2D eigenvalue weighted by Crippen LogP contribution is -2.35. The maximum absolute atomic E-state index is 12.5. The van der Waals surface area contributed by atoms with Crippen molar-refractivity contribution in [1.29, 1.82) is 0 Å². The summed E-state index contributed by atoms with van der Waals surface area (Å²) >= 11 is 1.45. The smallest absolute Gasteiger partial charge is 0.230 e. The van der Waals surface area contributed by atoms with Crippen LogP contribution in [0.4, 0.5) is 5.95 Å². The maximum Gasteiger partial charge on any atom is 0.230 e.